The zero-order valence-corrected chi connectivity index (χ0v) is 10.2. The Morgan fingerprint density at radius 1 is 1.35 bits per heavy atom. The summed E-state index contributed by atoms with van der Waals surface area (Å²) in [7, 11) is 2.16. The van der Waals surface area contributed by atoms with Crippen LogP contribution in [0.15, 0.2) is 30.5 Å². The Labute approximate surface area is 102 Å². The largest absolute Gasteiger partial charge is 0.372 e. The molecule has 90 valence electrons. The number of nitrogens with zero attached hydrogens (tertiary/aromatic N) is 1. The quantitative estimate of drug-likeness (QED) is 0.845. The summed E-state index contributed by atoms with van der Waals surface area (Å²) in [5, 5.41) is 1.29. The first-order valence-corrected chi connectivity index (χ1v) is 6.21. The van der Waals surface area contributed by atoms with Gasteiger partial charge >= 0.3 is 0 Å². The molecule has 3 heteroatoms. The van der Waals surface area contributed by atoms with Gasteiger partial charge in [-0.3, -0.25) is 0 Å². The lowest BCUT2D eigenvalue weighted by Gasteiger charge is -2.24. The molecule has 0 spiro atoms. The van der Waals surface area contributed by atoms with E-state index in [1.807, 2.05) is 0 Å². The number of aromatic amines is 1. The Hall–Kier alpha value is -1.48. The predicted octanol–water partition coefficient (Wildman–Crippen LogP) is 2.34. The van der Waals surface area contributed by atoms with Gasteiger partial charge in [0.2, 0.25) is 0 Å². The van der Waals surface area contributed by atoms with Gasteiger partial charge in [-0.1, -0.05) is 18.2 Å². The summed E-state index contributed by atoms with van der Waals surface area (Å²) < 4.78 is 0. The van der Waals surface area contributed by atoms with E-state index in [0.29, 0.717) is 5.41 Å². The smallest absolute Gasteiger partial charge is 0.0621 e. The van der Waals surface area contributed by atoms with Crippen molar-refractivity contribution in [3.63, 3.8) is 0 Å². The molecule has 1 aromatic heterocycles. The highest BCUT2D eigenvalue weighted by Gasteiger charge is 2.42. The minimum Gasteiger partial charge on any atom is -0.372 e. The van der Waals surface area contributed by atoms with Crippen LogP contribution in [-0.2, 0) is 0 Å². The van der Waals surface area contributed by atoms with Crippen LogP contribution in [0.3, 0.4) is 0 Å². The van der Waals surface area contributed by atoms with E-state index >= 15 is 0 Å². The van der Waals surface area contributed by atoms with Crippen LogP contribution in [0, 0.1) is 5.41 Å². The molecule has 1 saturated carbocycles. The maximum atomic E-state index is 5.85. The topological polar surface area (TPSA) is 45.0 Å². The van der Waals surface area contributed by atoms with E-state index in [0.717, 1.165) is 13.1 Å². The molecule has 2 aromatic rings. The lowest BCUT2D eigenvalue weighted by atomic mass is 10.1. The molecule has 1 aliphatic rings. The molecule has 1 heterocycles. The van der Waals surface area contributed by atoms with Gasteiger partial charge in [0.05, 0.1) is 5.69 Å². The number of aromatic nitrogens is 1. The van der Waals surface area contributed by atoms with Gasteiger partial charge < -0.3 is 15.6 Å². The van der Waals surface area contributed by atoms with Crippen LogP contribution in [0.2, 0.25) is 0 Å². The minimum absolute atomic E-state index is 0.382. The predicted molar refractivity (Wildman–Crippen MR) is 72.3 cm³/mol. The number of H-pyrrole nitrogens is 1. The van der Waals surface area contributed by atoms with Crippen LogP contribution in [0.1, 0.15) is 12.8 Å². The van der Waals surface area contributed by atoms with Crippen molar-refractivity contribution in [2.24, 2.45) is 11.1 Å². The Bertz CT molecular complexity index is 525. The summed E-state index contributed by atoms with van der Waals surface area (Å²) in [4.78, 5) is 5.65. The molecule has 0 aliphatic heterocycles. The van der Waals surface area contributed by atoms with Crippen LogP contribution in [0.5, 0.6) is 0 Å². The number of para-hydroxylation sites is 1. The fourth-order valence-electron chi connectivity index (χ4n) is 2.56. The average molecular weight is 229 g/mol. The Morgan fingerprint density at radius 2 is 2.12 bits per heavy atom. The van der Waals surface area contributed by atoms with Crippen molar-refractivity contribution in [2.45, 2.75) is 12.8 Å². The highest BCUT2D eigenvalue weighted by Crippen LogP contribution is 2.45. The summed E-state index contributed by atoms with van der Waals surface area (Å²) in [6.45, 7) is 1.87. The molecule has 0 bridgehead atoms. The molecule has 1 fully saturated rings. The summed E-state index contributed by atoms with van der Waals surface area (Å²) in [6.07, 6.45) is 4.64. The standard InChI is InChI=1S/C14H19N3/c1-17(10-14(9-15)6-7-14)13-8-16-12-5-3-2-4-11(12)13/h2-5,8,16H,6-7,9-10,15H2,1H3. The van der Waals surface area contributed by atoms with E-state index in [4.69, 9.17) is 5.73 Å². The molecule has 0 amide bonds. The lowest BCUT2D eigenvalue weighted by molar-refractivity contribution is 0.524. The highest BCUT2D eigenvalue weighted by molar-refractivity contribution is 5.92. The molecule has 0 radical (unpaired) electrons. The second kappa shape index (κ2) is 3.77. The van der Waals surface area contributed by atoms with Gasteiger partial charge in [-0.05, 0) is 25.5 Å². The van der Waals surface area contributed by atoms with E-state index in [-0.39, 0.29) is 0 Å². The first kappa shape index (κ1) is 10.7. The van der Waals surface area contributed by atoms with E-state index in [1.165, 1.54) is 29.4 Å². The summed E-state index contributed by atoms with van der Waals surface area (Å²) in [5.41, 5.74) is 8.71. The summed E-state index contributed by atoms with van der Waals surface area (Å²) >= 11 is 0. The first-order chi connectivity index (χ1) is 8.24. The Balaban J connectivity index is 1.88. The number of benzene rings is 1. The van der Waals surface area contributed by atoms with Crippen molar-refractivity contribution in [3.05, 3.63) is 30.5 Å². The maximum absolute atomic E-state index is 5.85. The van der Waals surface area contributed by atoms with Crippen LogP contribution in [0.4, 0.5) is 5.69 Å². The fraction of sp³-hybridized carbons (Fsp3) is 0.429. The third-order valence-electron chi connectivity index (χ3n) is 3.94. The van der Waals surface area contributed by atoms with Crippen molar-refractivity contribution < 1.29 is 0 Å². The molecule has 3 nitrogen and oxygen atoms in total. The number of hydrogen-bond acceptors (Lipinski definition) is 2. The van der Waals surface area contributed by atoms with Crippen LogP contribution >= 0.6 is 0 Å². The summed E-state index contributed by atoms with van der Waals surface area (Å²) in [5.74, 6) is 0. The van der Waals surface area contributed by atoms with Crippen molar-refractivity contribution >= 4 is 16.6 Å². The van der Waals surface area contributed by atoms with E-state index < -0.39 is 0 Å². The molecule has 1 aliphatic carbocycles. The summed E-state index contributed by atoms with van der Waals surface area (Å²) in [6, 6.07) is 8.43. The van der Waals surface area contributed by atoms with Gasteiger partial charge in [-0.25, -0.2) is 0 Å². The first-order valence-electron chi connectivity index (χ1n) is 6.21. The van der Waals surface area contributed by atoms with Gasteiger partial charge in [0.15, 0.2) is 0 Å². The molecule has 0 atom stereocenters. The number of hydrogen-bond donors (Lipinski definition) is 2. The van der Waals surface area contributed by atoms with Crippen molar-refractivity contribution in [3.8, 4) is 0 Å². The second-order valence-corrected chi connectivity index (χ2v) is 5.28. The van der Waals surface area contributed by atoms with Crippen LogP contribution < -0.4 is 10.6 Å². The van der Waals surface area contributed by atoms with E-state index in [1.54, 1.807) is 0 Å². The molecule has 1 aromatic carbocycles. The Morgan fingerprint density at radius 3 is 2.82 bits per heavy atom. The average Bonchev–Trinajstić information content (AvgIpc) is 2.99. The number of fused-ring (bicyclic) bond motifs is 1. The molecular weight excluding hydrogens is 210 g/mol. The van der Waals surface area contributed by atoms with Gasteiger partial charge in [0.1, 0.15) is 0 Å². The zero-order valence-electron chi connectivity index (χ0n) is 10.2. The SMILES string of the molecule is CN(CC1(CN)CC1)c1c[nH]c2ccccc12. The molecular formula is C14H19N3. The van der Waals surface area contributed by atoms with E-state index in [2.05, 4.69) is 47.4 Å². The van der Waals surface area contributed by atoms with E-state index in [9.17, 15) is 0 Å². The van der Waals surface area contributed by atoms with Crippen molar-refractivity contribution in [2.75, 3.05) is 25.0 Å². The zero-order chi connectivity index (χ0) is 11.9. The van der Waals surface area contributed by atoms with Gasteiger partial charge in [-0.2, -0.15) is 0 Å². The number of rotatable bonds is 4. The van der Waals surface area contributed by atoms with Gasteiger partial charge in [-0.15, -0.1) is 0 Å². The number of nitrogens with one attached hydrogen (secondary N) is 1. The molecule has 3 N–H and O–H groups in total. The van der Waals surface area contributed by atoms with Crippen LogP contribution in [-0.4, -0.2) is 25.1 Å². The third-order valence-corrected chi connectivity index (χ3v) is 3.94. The molecule has 17 heavy (non-hydrogen) atoms. The van der Waals surface area contributed by atoms with Gasteiger partial charge in [0, 0.05) is 36.1 Å². The fourth-order valence-corrected chi connectivity index (χ4v) is 2.56. The number of nitrogens with two attached hydrogens (primary N) is 1. The number of anilines is 1. The minimum atomic E-state index is 0.382. The molecule has 0 unspecified atom stereocenters. The monoisotopic (exact) mass is 229 g/mol. The van der Waals surface area contributed by atoms with Crippen molar-refractivity contribution in [1.29, 1.82) is 0 Å². The molecule has 0 saturated heterocycles. The second-order valence-electron chi connectivity index (χ2n) is 5.28. The third kappa shape index (κ3) is 1.80. The van der Waals surface area contributed by atoms with Gasteiger partial charge in [0.25, 0.3) is 0 Å². The van der Waals surface area contributed by atoms with Crippen LogP contribution in [0.25, 0.3) is 10.9 Å². The maximum Gasteiger partial charge on any atom is 0.0621 e. The normalized spacial score (nSPS) is 17.3. The Kier molecular flexibility index (Phi) is 2.37. The van der Waals surface area contributed by atoms with Crippen molar-refractivity contribution in [1.82, 2.24) is 4.98 Å². The molecule has 3 rings (SSSR count). The highest BCUT2D eigenvalue weighted by atomic mass is 15.1. The lowest BCUT2D eigenvalue weighted by Crippen LogP contribution is -2.31.